The molecule has 1 N–H and O–H groups in total. The van der Waals surface area contributed by atoms with Crippen molar-refractivity contribution in [2.75, 3.05) is 33.3 Å². The summed E-state index contributed by atoms with van der Waals surface area (Å²) in [6, 6.07) is 2.07. The van der Waals surface area contributed by atoms with Gasteiger partial charge in [0, 0.05) is 33.1 Å². The Kier molecular flexibility index (Phi) is 4.36. The number of ether oxygens (including phenoxy) is 1. The van der Waals surface area contributed by atoms with E-state index >= 15 is 0 Å². The second-order valence-electron chi connectivity index (χ2n) is 3.21. The molecule has 1 saturated heterocycles. The molecule has 1 aliphatic rings. The molecule has 14 heavy (non-hydrogen) atoms. The van der Waals surface area contributed by atoms with Gasteiger partial charge in [-0.3, -0.25) is 9.69 Å². The van der Waals surface area contributed by atoms with Crippen LogP contribution in [-0.4, -0.2) is 50.2 Å². The number of carbonyl (C=O) groups excluding carboxylic acids is 1. The van der Waals surface area contributed by atoms with Gasteiger partial charge in [-0.15, -0.1) is 0 Å². The van der Waals surface area contributed by atoms with Crippen LogP contribution in [0, 0.1) is 11.3 Å². The molecule has 0 saturated carbocycles. The number of nitrogens with zero attached hydrogens (tertiary/aromatic N) is 2. The highest BCUT2D eigenvalue weighted by molar-refractivity contribution is 5.75. The third-order valence-corrected chi connectivity index (χ3v) is 2.23. The van der Waals surface area contributed by atoms with E-state index < -0.39 is 0 Å². The Hall–Kier alpha value is -1.12. The van der Waals surface area contributed by atoms with Crippen LogP contribution in [0.3, 0.4) is 0 Å². The Morgan fingerprint density at radius 2 is 2.57 bits per heavy atom. The maximum atomic E-state index is 11.0. The molecule has 1 fully saturated rings. The van der Waals surface area contributed by atoms with Crippen LogP contribution in [0.25, 0.3) is 0 Å². The number of carbonyl (C=O) groups is 1. The molecule has 0 aromatic heterocycles. The highest BCUT2D eigenvalue weighted by atomic mass is 16.5. The normalized spacial score (nSPS) is 22.7. The van der Waals surface area contributed by atoms with Gasteiger partial charge in [-0.05, 0) is 0 Å². The molecule has 0 spiro atoms. The highest BCUT2D eigenvalue weighted by Crippen LogP contribution is 2.04. The van der Waals surface area contributed by atoms with E-state index in [-0.39, 0.29) is 12.0 Å². The molecule has 1 rings (SSSR count). The van der Waals surface area contributed by atoms with E-state index in [4.69, 9.17) is 10.00 Å². The van der Waals surface area contributed by atoms with Crippen molar-refractivity contribution in [1.29, 1.82) is 5.26 Å². The van der Waals surface area contributed by atoms with Gasteiger partial charge in [-0.2, -0.15) is 5.26 Å². The number of amides is 1. The smallest absolute Gasteiger partial charge is 0.221 e. The number of rotatable bonds is 3. The lowest BCUT2D eigenvalue weighted by molar-refractivity contribution is -0.121. The second kappa shape index (κ2) is 5.58. The average molecular weight is 197 g/mol. The summed E-state index contributed by atoms with van der Waals surface area (Å²) in [5.74, 6) is 0.0324. The molecule has 5 heteroatoms. The third-order valence-electron chi connectivity index (χ3n) is 2.23. The summed E-state index contributed by atoms with van der Waals surface area (Å²) < 4.78 is 5.19. The maximum Gasteiger partial charge on any atom is 0.221 e. The zero-order chi connectivity index (χ0) is 10.4. The summed E-state index contributed by atoms with van der Waals surface area (Å²) in [4.78, 5) is 13.0. The fourth-order valence-electron chi connectivity index (χ4n) is 1.37. The van der Waals surface area contributed by atoms with Gasteiger partial charge in [0.2, 0.25) is 5.91 Å². The number of morpholine rings is 1. The van der Waals surface area contributed by atoms with Crippen molar-refractivity contribution in [3.63, 3.8) is 0 Å². The molecule has 1 atom stereocenters. The van der Waals surface area contributed by atoms with E-state index in [1.165, 1.54) is 0 Å². The van der Waals surface area contributed by atoms with Crippen molar-refractivity contribution in [3.05, 3.63) is 0 Å². The SMILES string of the molecule is CNC(=O)CCN1CCOC(C#N)C1. The predicted molar refractivity (Wildman–Crippen MR) is 50.5 cm³/mol. The molecular weight excluding hydrogens is 182 g/mol. The van der Waals surface area contributed by atoms with Gasteiger partial charge >= 0.3 is 0 Å². The van der Waals surface area contributed by atoms with Crippen molar-refractivity contribution >= 4 is 5.91 Å². The Balaban J connectivity index is 2.24. The number of nitriles is 1. The second-order valence-corrected chi connectivity index (χ2v) is 3.21. The molecule has 5 nitrogen and oxygen atoms in total. The first kappa shape index (κ1) is 11.0. The van der Waals surface area contributed by atoms with Crippen LogP contribution in [0.15, 0.2) is 0 Å². The summed E-state index contributed by atoms with van der Waals surface area (Å²) in [6.07, 6.45) is 0.141. The van der Waals surface area contributed by atoms with Crippen LogP contribution in [0.1, 0.15) is 6.42 Å². The molecule has 0 aromatic carbocycles. The fourth-order valence-corrected chi connectivity index (χ4v) is 1.37. The van der Waals surface area contributed by atoms with Crippen LogP contribution >= 0.6 is 0 Å². The minimum Gasteiger partial charge on any atom is -0.361 e. The van der Waals surface area contributed by atoms with Gasteiger partial charge < -0.3 is 10.1 Å². The fraction of sp³-hybridized carbons (Fsp3) is 0.778. The number of hydrogen-bond acceptors (Lipinski definition) is 4. The highest BCUT2D eigenvalue weighted by Gasteiger charge is 2.19. The Morgan fingerprint density at radius 3 is 3.21 bits per heavy atom. The van der Waals surface area contributed by atoms with Gasteiger partial charge in [0.1, 0.15) is 0 Å². The van der Waals surface area contributed by atoms with Crippen LogP contribution in [-0.2, 0) is 9.53 Å². The van der Waals surface area contributed by atoms with Gasteiger partial charge in [-0.1, -0.05) is 0 Å². The minimum atomic E-state index is -0.339. The van der Waals surface area contributed by atoms with Crippen molar-refractivity contribution in [2.24, 2.45) is 0 Å². The topological polar surface area (TPSA) is 65.4 Å². The van der Waals surface area contributed by atoms with Crippen molar-refractivity contribution < 1.29 is 9.53 Å². The molecule has 1 amide bonds. The predicted octanol–water partition coefficient (Wildman–Crippen LogP) is -0.653. The van der Waals surface area contributed by atoms with Gasteiger partial charge in [0.25, 0.3) is 0 Å². The van der Waals surface area contributed by atoms with E-state index in [1.807, 2.05) is 0 Å². The summed E-state index contributed by atoms with van der Waals surface area (Å²) in [5.41, 5.74) is 0. The van der Waals surface area contributed by atoms with Crippen LogP contribution in [0.5, 0.6) is 0 Å². The lowest BCUT2D eigenvalue weighted by atomic mass is 10.2. The van der Waals surface area contributed by atoms with Gasteiger partial charge in [-0.25, -0.2) is 0 Å². The van der Waals surface area contributed by atoms with Crippen molar-refractivity contribution in [3.8, 4) is 6.07 Å². The lowest BCUT2D eigenvalue weighted by Crippen LogP contribution is -2.43. The Labute approximate surface area is 83.6 Å². The first-order chi connectivity index (χ1) is 6.76. The monoisotopic (exact) mass is 197 g/mol. The van der Waals surface area contributed by atoms with Crippen molar-refractivity contribution in [1.82, 2.24) is 10.2 Å². The lowest BCUT2D eigenvalue weighted by Gasteiger charge is -2.29. The van der Waals surface area contributed by atoms with Gasteiger partial charge in [0.15, 0.2) is 6.10 Å². The number of hydrogen-bond donors (Lipinski definition) is 1. The summed E-state index contributed by atoms with van der Waals surface area (Å²) >= 11 is 0. The number of nitrogens with one attached hydrogen (secondary N) is 1. The Morgan fingerprint density at radius 1 is 1.79 bits per heavy atom. The van der Waals surface area contributed by atoms with Crippen LogP contribution in [0.4, 0.5) is 0 Å². The molecule has 0 radical (unpaired) electrons. The zero-order valence-corrected chi connectivity index (χ0v) is 8.32. The van der Waals surface area contributed by atoms with Gasteiger partial charge in [0.05, 0.1) is 12.7 Å². The maximum absolute atomic E-state index is 11.0. The molecule has 1 heterocycles. The third kappa shape index (κ3) is 3.32. The molecule has 0 aromatic rings. The largest absolute Gasteiger partial charge is 0.361 e. The first-order valence-electron chi connectivity index (χ1n) is 4.70. The summed E-state index contributed by atoms with van der Waals surface area (Å²) in [5, 5.41) is 11.2. The van der Waals surface area contributed by atoms with E-state index in [0.29, 0.717) is 26.1 Å². The van der Waals surface area contributed by atoms with Crippen molar-refractivity contribution in [2.45, 2.75) is 12.5 Å². The van der Waals surface area contributed by atoms with E-state index in [2.05, 4.69) is 16.3 Å². The van der Waals surface area contributed by atoms with E-state index in [9.17, 15) is 4.79 Å². The summed E-state index contributed by atoms with van der Waals surface area (Å²) in [6.45, 7) is 2.68. The minimum absolute atomic E-state index is 0.0324. The zero-order valence-electron chi connectivity index (χ0n) is 8.32. The van der Waals surface area contributed by atoms with E-state index in [0.717, 1.165) is 6.54 Å². The summed E-state index contributed by atoms with van der Waals surface area (Å²) in [7, 11) is 1.62. The van der Waals surface area contributed by atoms with Crippen LogP contribution < -0.4 is 5.32 Å². The molecule has 1 unspecified atom stereocenters. The Bertz CT molecular complexity index is 237. The molecule has 0 bridgehead atoms. The average Bonchev–Trinajstić information content (AvgIpc) is 2.26. The quantitative estimate of drug-likeness (QED) is 0.652. The molecule has 0 aliphatic carbocycles. The first-order valence-corrected chi connectivity index (χ1v) is 4.70. The van der Waals surface area contributed by atoms with E-state index in [1.54, 1.807) is 7.05 Å². The van der Waals surface area contributed by atoms with Crippen LogP contribution in [0.2, 0.25) is 0 Å². The molecule has 1 aliphatic heterocycles. The molecule has 78 valence electrons. The molecular formula is C9H15N3O2. The standard InChI is InChI=1S/C9H15N3O2/c1-11-9(13)2-3-12-4-5-14-8(6-10)7-12/h8H,2-5,7H2,1H3,(H,11,13).